The summed E-state index contributed by atoms with van der Waals surface area (Å²) in [5, 5.41) is 2.70. The molecule has 0 heterocycles. The summed E-state index contributed by atoms with van der Waals surface area (Å²) in [7, 11) is -6.88. The standard InChI is InChI=1S/C36H59IO3Si3/c1-34(2,3)41(10,11)39-32(26-20-21-28-37)33(40-42(12,13)35(4,5)6)27-29-38-43(36(7,8)9,30-22-16-14-17-23-30)31-24-18-15-19-25-31/h14-26,28,32-33H,27,29H2,1-13H3/b26-20+,28-21+/t32-,33+/m1/s1. The van der Waals surface area contributed by atoms with Gasteiger partial charge < -0.3 is 13.3 Å². The number of rotatable bonds is 13. The molecule has 0 saturated carbocycles. The molecule has 0 amide bonds. The van der Waals surface area contributed by atoms with Crippen molar-refractivity contribution in [1.82, 2.24) is 0 Å². The van der Waals surface area contributed by atoms with Gasteiger partial charge >= 0.3 is 0 Å². The van der Waals surface area contributed by atoms with Crippen LogP contribution in [-0.4, -0.2) is 43.8 Å². The Morgan fingerprint density at radius 2 is 1.09 bits per heavy atom. The van der Waals surface area contributed by atoms with Gasteiger partial charge in [0.05, 0.1) is 12.2 Å². The molecule has 0 saturated heterocycles. The van der Waals surface area contributed by atoms with Gasteiger partial charge in [0.25, 0.3) is 8.32 Å². The monoisotopic (exact) mass is 750 g/mol. The van der Waals surface area contributed by atoms with Gasteiger partial charge in [-0.3, -0.25) is 0 Å². The molecule has 7 heteroatoms. The highest BCUT2D eigenvalue weighted by molar-refractivity contribution is 14.1. The number of halogens is 1. The summed E-state index contributed by atoms with van der Waals surface area (Å²) in [6, 6.07) is 21.8. The maximum Gasteiger partial charge on any atom is 0.261 e. The highest BCUT2D eigenvalue weighted by Gasteiger charge is 2.50. The van der Waals surface area contributed by atoms with E-state index >= 15 is 0 Å². The van der Waals surface area contributed by atoms with Crippen molar-refractivity contribution < 1.29 is 13.3 Å². The van der Waals surface area contributed by atoms with Gasteiger partial charge in [-0.1, -0.05) is 164 Å². The summed E-state index contributed by atoms with van der Waals surface area (Å²) < 4.78 is 23.8. The Labute approximate surface area is 281 Å². The number of hydrogen-bond acceptors (Lipinski definition) is 3. The first-order valence-electron chi connectivity index (χ1n) is 15.7. The van der Waals surface area contributed by atoms with Crippen molar-refractivity contribution in [3.05, 3.63) is 83.0 Å². The minimum atomic E-state index is -2.66. The topological polar surface area (TPSA) is 27.7 Å². The molecule has 3 nitrogen and oxygen atoms in total. The van der Waals surface area contributed by atoms with Crippen LogP contribution in [0.2, 0.25) is 41.3 Å². The Hall–Kier alpha value is -0.819. The lowest BCUT2D eigenvalue weighted by atomic mass is 10.1. The van der Waals surface area contributed by atoms with E-state index in [4.69, 9.17) is 13.3 Å². The Morgan fingerprint density at radius 3 is 1.49 bits per heavy atom. The zero-order chi connectivity index (χ0) is 32.7. The lowest BCUT2D eigenvalue weighted by molar-refractivity contribution is 0.0471. The molecule has 0 aliphatic heterocycles. The summed E-state index contributed by atoms with van der Waals surface area (Å²) in [5.74, 6) is 0. The molecule has 0 aliphatic carbocycles. The van der Waals surface area contributed by atoms with Gasteiger partial charge in [-0.15, -0.1) is 0 Å². The molecule has 0 spiro atoms. The van der Waals surface area contributed by atoms with E-state index in [2.05, 4.69) is 190 Å². The molecule has 2 rings (SSSR count). The predicted octanol–water partition coefficient (Wildman–Crippen LogP) is 10.2. The van der Waals surface area contributed by atoms with Crippen molar-refractivity contribution in [2.45, 2.75) is 122 Å². The summed E-state index contributed by atoms with van der Waals surface area (Å²) >= 11 is 2.27. The van der Waals surface area contributed by atoms with Gasteiger partial charge in [-0.2, -0.15) is 0 Å². The van der Waals surface area contributed by atoms with E-state index in [-0.39, 0.29) is 27.3 Å². The quantitative estimate of drug-likeness (QED) is 0.116. The van der Waals surface area contributed by atoms with Crippen LogP contribution in [0.25, 0.3) is 0 Å². The number of hydrogen-bond donors (Lipinski definition) is 0. The Balaban J connectivity index is 2.61. The number of benzene rings is 2. The molecule has 0 radical (unpaired) electrons. The second kappa shape index (κ2) is 15.2. The van der Waals surface area contributed by atoms with Gasteiger partial charge in [0.15, 0.2) is 16.6 Å². The van der Waals surface area contributed by atoms with E-state index in [0.29, 0.717) is 6.61 Å². The molecule has 2 atom stereocenters. The molecule has 0 N–H and O–H groups in total. The summed E-state index contributed by atoms with van der Waals surface area (Å²) in [6.07, 6.45) is 6.89. The zero-order valence-electron chi connectivity index (χ0n) is 29.3. The largest absolute Gasteiger partial charge is 0.411 e. The zero-order valence-corrected chi connectivity index (χ0v) is 34.4. The van der Waals surface area contributed by atoms with Gasteiger partial charge in [-0.05, 0) is 62.2 Å². The van der Waals surface area contributed by atoms with Crippen LogP contribution < -0.4 is 10.4 Å². The fourth-order valence-electron chi connectivity index (χ4n) is 4.91. The Kier molecular flexibility index (Phi) is 13.5. The molecule has 2 aromatic rings. The second-order valence-corrected chi connectivity index (χ2v) is 30.3. The first-order valence-corrected chi connectivity index (χ1v) is 24.7. The Morgan fingerprint density at radius 1 is 0.651 bits per heavy atom. The Bertz CT molecular complexity index is 1130. The van der Waals surface area contributed by atoms with E-state index in [0.717, 1.165) is 6.42 Å². The van der Waals surface area contributed by atoms with Crippen molar-refractivity contribution in [2.24, 2.45) is 0 Å². The molecular formula is C36H59IO3Si3. The van der Waals surface area contributed by atoms with E-state index in [9.17, 15) is 0 Å². The van der Waals surface area contributed by atoms with E-state index in [1.54, 1.807) is 0 Å². The van der Waals surface area contributed by atoms with Crippen LogP contribution in [0, 0.1) is 0 Å². The molecule has 0 bridgehead atoms. The van der Waals surface area contributed by atoms with Gasteiger partial charge in [0.2, 0.25) is 0 Å². The highest BCUT2D eigenvalue weighted by atomic mass is 127. The van der Waals surface area contributed by atoms with Crippen LogP contribution >= 0.6 is 22.6 Å². The summed E-state index contributed by atoms with van der Waals surface area (Å²) in [6.45, 7) is 30.8. The van der Waals surface area contributed by atoms with Crippen LogP contribution in [0.4, 0.5) is 0 Å². The first-order chi connectivity index (χ1) is 19.7. The van der Waals surface area contributed by atoms with Crippen LogP contribution in [-0.2, 0) is 13.3 Å². The normalized spacial score (nSPS) is 15.8. The van der Waals surface area contributed by atoms with Crippen molar-refractivity contribution in [3.8, 4) is 0 Å². The van der Waals surface area contributed by atoms with E-state index in [1.807, 2.05) is 4.08 Å². The smallest absolute Gasteiger partial charge is 0.261 e. The molecule has 0 fully saturated rings. The molecule has 2 aromatic carbocycles. The van der Waals surface area contributed by atoms with Crippen molar-refractivity contribution >= 4 is 57.9 Å². The lowest BCUT2D eigenvalue weighted by Gasteiger charge is -2.46. The van der Waals surface area contributed by atoms with Crippen LogP contribution in [0.3, 0.4) is 0 Å². The molecular weight excluding hydrogens is 692 g/mol. The van der Waals surface area contributed by atoms with Crippen molar-refractivity contribution in [2.75, 3.05) is 6.61 Å². The van der Waals surface area contributed by atoms with E-state index in [1.165, 1.54) is 10.4 Å². The van der Waals surface area contributed by atoms with Crippen molar-refractivity contribution in [1.29, 1.82) is 0 Å². The fourth-order valence-corrected chi connectivity index (χ4v) is 12.4. The molecule has 0 unspecified atom stereocenters. The van der Waals surface area contributed by atoms with Gasteiger partial charge in [0.1, 0.15) is 0 Å². The third kappa shape index (κ3) is 9.83. The van der Waals surface area contributed by atoms with Gasteiger partial charge in [0, 0.05) is 6.61 Å². The average molecular weight is 751 g/mol. The second-order valence-electron chi connectivity index (χ2n) is 15.8. The minimum Gasteiger partial charge on any atom is -0.411 e. The lowest BCUT2D eigenvalue weighted by Crippen LogP contribution is -2.66. The molecule has 240 valence electrons. The molecule has 43 heavy (non-hydrogen) atoms. The van der Waals surface area contributed by atoms with Gasteiger partial charge in [-0.25, -0.2) is 0 Å². The molecule has 0 aromatic heterocycles. The number of allylic oxidation sites excluding steroid dienone is 2. The maximum atomic E-state index is 7.36. The van der Waals surface area contributed by atoms with Crippen LogP contribution in [0.5, 0.6) is 0 Å². The fraction of sp³-hybridized carbons (Fsp3) is 0.556. The SMILES string of the molecule is CC(C)(C)[Si](C)(C)O[C@@H](CCO[Si](c1ccccc1)(c1ccccc1)C(C)(C)C)[C@@H](/C=C/C=C/I)O[Si](C)(C)C(C)(C)C. The summed E-state index contributed by atoms with van der Waals surface area (Å²) in [5.41, 5.74) is 0. The molecule has 0 aliphatic rings. The van der Waals surface area contributed by atoms with E-state index < -0.39 is 25.0 Å². The maximum absolute atomic E-state index is 7.36. The van der Waals surface area contributed by atoms with Crippen LogP contribution in [0.15, 0.2) is 83.0 Å². The average Bonchev–Trinajstić information content (AvgIpc) is 2.89. The minimum absolute atomic E-state index is 0.0759. The van der Waals surface area contributed by atoms with Crippen molar-refractivity contribution in [3.63, 3.8) is 0 Å². The predicted molar refractivity (Wildman–Crippen MR) is 205 cm³/mol. The third-order valence-electron chi connectivity index (χ3n) is 9.48. The van der Waals surface area contributed by atoms with Crippen LogP contribution in [0.1, 0.15) is 68.7 Å². The highest BCUT2D eigenvalue weighted by Crippen LogP contribution is 2.42. The summed E-state index contributed by atoms with van der Waals surface area (Å²) in [4.78, 5) is 0. The first kappa shape index (κ1) is 38.4. The third-order valence-corrected chi connectivity index (χ3v) is 23.9.